The zero-order valence-electron chi connectivity index (χ0n) is 10.9. The van der Waals surface area contributed by atoms with E-state index in [2.05, 4.69) is 10.1 Å². The first-order valence-electron chi connectivity index (χ1n) is 6.68. The van der Waals surface area contributed by atoms with Gasteiger partial charge in [0.2, 0.25) is 0 Å². The fourth-order valence-corrected chi connectivity index (χ4v) is 2.98. The minimum Gasteiger partial charge on any atom is -0.435 e. The molecule has 1 aromatic carbocycles. The van der Waals surface area contributed by atoms with Gasteiger partial charge in [0, 0.05) is 31.7 Å². The van der Waals surface area contributed by atoms with Gasteiger partial charge in [-0.15, -0.1) is 0 Å². The van der Waals surface area contributed by atoms with Crippen molar-refractivity contribution in [3.05, 3.63) is 29.8 Å². The highest BCUT2D eigenvalue weighted by molar-refractivity contribution is 5.94. The highest BCUT2D eigenvalue weighted by atomic mass is 19.3. The summed E-state index contributed by atoms with van der Waals surface area (Å²) in [6.45, 7) is 0.630. The van der Waals surface area contributed by atoms with E-state index in [9.17, 15) is 13.6 Å². The second-order valence-electron chi connectivity index (χ2n) is 5.29. The first-order chi connectivity index (χ1) is 9.63. The highest BCUT2D eigenvalue weighted by Gasteiger charge is 2.38. The summed E-state index contributed by atoms with van der Waals surface area (Å²) in [6.07, 6.45) is 0. The molecule has 0 aromatic heterocycles. The molecule has 0 bridgehead atoms. The molecule has 6 heteroatoms. The monoisotopic (exact) mass is 282 g/mol. The third kappa shape index (κ3) is 2.60. The predicted molar refractivity (Wildman–Crippen MR) is 68.8 cm³/mol. The minimum atomic E-state index is -2.85. The Morgan fingerprint density at radius 1 is 1.20 bits per heavy atom. The van der Waals surface area contributed by atoms with Gasteiger partial charge in [0.05, 0.1) is 0 Å². The number of nitrogens with one attached hydrogen (secondary N) is 1. The van der Waals surface area contributed by atoms with Crippen molar-refractivity contribution in [2.45, 2.75) is 6.61 Å². The second-order valence-corrected chi connectivity index (χ2v) is 5.29. The normalized spacial score (nSPS) is 25.1. The number of amides is 1. The molecule has 4 nitrogen and oxygen atoms in total. The minimum absolute atomic E-state index is 0.0389. The maximum Gasteiger partial charge on any atom is 0.387 e. The molecule has 0 saturated carbocycles. The molecule has 3 rings (SSSR count). The predicted octanol–water partition coefficient (Wildman–Crippen LogP) is 1.58. The lowest BCUT2D eigenvalue weighted by Gasteiger charge is -2.17. The standard InChI is InChI=1S/C14H16F2N2O2/c15-14(16)20-12-3-1-9(2-4-12)13(19)18-7-10-5-17-6-11(10)8-18/h1-4,10-11,14,17H,5-8H2. The number of benzene rings is 1. The molecule has 2 saturated heterocycles. The summed E-state index contributed by atoms with van der Waals surface area (Å²) in [7, 11) is 0. The van der Waals surface area contributed by atoms with Gasteiger partial charge in [-0.2, -0.15) is 8.78 Å². The Kier molecular flexibility index (Phi) is 3.56. The van der Waals surface area contributed by atoms with Crippen LogP contribution in [-0.4, -0.2) is 43.6 Å². The average molecular weight is 282 g/mol. The summed E-state index contributed by atoms with van der Waals surface area (Å²) >= 11 is 0. The molecule has 2 atom stereocenters. The number of rotatable bonds is 3. The van der Waals surface area contributed by atoms with Gasteiger partial charge in [-0.25, -0.2) is 0 Å². The van der Waals surface area contributed by atoms with E-state index in [1.807, 2.05) is 4.90 Å². The number of halogens is 2. The molecule has 2 fully saturated rings. The van der Waals surface area contributed by atoms with Crippen LogP contribution in [0.1, 0.15) is 10.4 Å². The fourth-order valence-electron chi connectivity index (χ4n) is 2.98. The maximum atomic E-state index is 12.3. The summed E-state index contributed by atoms with van der Waals surface area (Å²) in [5, 5.41) is 3.32. The molecule has 108 valence electrons. The van der Waals surface area contributed by atoms with Crippen LogP contribution in [0.15, 0.2) is 24.3 Å². The zero-order chi connectivity index (χ0) is 14.1. The Balaban J connectivity index is 1.65. The molecule has 2 unspecified atom stereocenters. The number of fused-ring (bicyclic) bond motifs is 1. The lowest BCUT2D eigenvalue weighted by Crippen LogP contribution is -2.31. The van der Waals surface area contributed by atoms with Crippen LogP contribution in [0.5, 0.6) is 5.75 Å². The molecular formula is C14H16F2N2O2. The molecule has 0 spiro atoms. The average Bonchev–Trinajstić information content (AvgIpc) is 2.98. The Bertz CT molecular complexity index is 480. The van der Waals surface area contributed by atoms with Crippen molar-refractivity contribution in [1.29, 1.82) is 0 Å². The number of ether oxygens (including phenoxy) is 1. The van der Waals surface area contributed by atoms with E-state index in [4.69, 9.17) is 0 Å². The largest absolute Gasteiger partial charge is 0.435 e. The number of hydrogen-bond acceptors (Lipinski definition) is 3. The van der Waals surface area contributed by atoms with Crippen LogP contribution >= 0.6 is 0 Å². The Morgan fingerprint density at radius 3 is 2.35 bits per heavy atom. The van der Waals surface area contributed by atoms with Crippen LogP contribution < -0.4 is 10.1 Å². The molecule has 1 N–H and O–H groups in total. The topological polar surface area (TPSA) is 41.6 Å². The second kappa shape index (κ2) is 5.36. The highest BCUT2D eigenvalue weighted by Crippen LogP contribution is 2.27. The van der Waals surface area contributed by atoms with Gasteiger partial charge in [0.25, 0.3) is 5.91 Å². The molecule has 1 aromatic rings. The Morgan fingerprint density at radius 2 is 1.80 bits per heavy atom. The van der Waals surface area contributed by atoms with Crippen molar-refractivity contribution in [2.75, 3.05) is 26.2 Å². The van der Waals surface area contributed by atoms with Gasteiger partial charge >= 0.3 is 6.61 Å². The van der Waals surface area contributed by atoms with Gasteiger partial charge in [0.1, 0.15) is 5.75 Å². The summed E-state index contributed by atoms with van der Waals surface area (Å²) in [4.78, 5) is 14.2. The smallest absolute Gasteiger partial charge is 0.387 e. The van der Waals surface area contributed by atoms with E-state index >= 15 is 0 Å². The van der Waals surface area contributed by atoms with Crippen molar-refractivity contribution in [2.24, 2.45) is 11.8 Å². The number of nitrogens with zero attached hydrogens (tertiary/aromatic N) is 1. The number of likely N-dealkylation sites (tertiary alicyclic amines) is 1. The van der Waals surface area contributed by atoms with E-state index in [1.54, 1.807) is 0 Å². The number of carbonyl (C=O) groups excluding carboxylic acids is 1. The van der Waals surface area contributed by atoms with Crippen LogP contribution in [0.3, 0.4) is 0 Å². The molecule has 0 aliphatic carbocycles. The van der Waals surface area contributed by atoms with E-state index in [1.165, 1.54) is 24.3 Å². The molecule has 1 amide bonds. The van der Waals surface area contributed by atoms with Crippen molar-refractivity contribution < 1.29 is 18.3 Å². The van der Waals surface area contributed by atoms with Crippen molar-refractivity contribution in [1.82, 2.24) is 10.2 Å². The number of alkyl halides is 2. The molecule has 20 heavy (non-hydrogen) atoms. The molecule has 2 heterocycles. The van der Waals surface area contributed by atoms with Crippen LogP contribution in [0.25, 0.3) is 0 Å². The maximum absolute atomic E-state index is 12.3. The van der Waals surface area contributed by atoms with E-state index in [0.29, 0.717) is 17.4 Å². The summed E-state index contributed by atoms with van der Waals surface area (Å²) in [5.74, 6) is 1.11. The first-order valence-corrected chi connectivity index (χ1v) is 6.68. The van der Waals surface area contributed by atoms with Crippen LogP contribution in [-0.2, 0) is 0 Å². The summed E-state index contributed by atoms with van der Waals surface area (Å²) < 4.78 is 28.4. The van der Waals surface area contributed by atoms with Crippen LogP contribution in [0.4, 0.5) is 8.78 Å². The lowest BCUT2D eigenvalue weighted by molar-refractivity contribution is -0.0498. The van der Waals surface area contributed by atoms with Gasteiger partial charge in [-0.3, -0.25) is 4.79 Å². The first kappa shape index (κ1) is 13.3. The van der Waals surface area contributed by atoms with E-state index in [-0.39, 0.29) is 11.7 Å². The SMILES string of the molecule is O=C(c1ccc(OC(F)F)cc1)N1CC2CNCC2C1. The quantitative estimate of drug-likeness (QED) is 0.915. The fraction of sp³-hybridized carbons (Fsp3) is 0.500. The Hall–Kier alpha value is -1.69. The van der Waals surface area contributed by atoms with Gasteiger partial charge < -0.3 is 15.0 Å². The number of carbonyl (C=O) groups is 1. The van der Waals surface area contributed by atoms with E-state index in [0.717, 1.165) is 26.2 Å². The summed E-state index contributed by atoms with van der Waals surface area (Å²) in [6, 6.07) is 5.87. The van der Waals surface area contributed by atoms with Gasteiger partial charge in [-0.05, 0) is 36.1 Å². The van der Waals surface area contributed by atoms with E-state index < -0.39 is 6.61 Å². The third-order valence-electron chi connectivity index (χ3n) is 4.00. The zero-order valence-corrected chi connectivity index (χ0v) is 10.9. The molecular weight excluding hydrogens is 266 g/mol. The van der Waals surface area contributed by atoms with Crippen LogP contribution in [0, 0.1) is 11.8 Å². The van der Waals surface area contributed by atoms with Crippen molar-refractivity contribution in [3.8, 4) is 5.75 Å². The molecule has 2 aliphatic heterocycles. The van der Waals surface area contributed by atoms with Crippen LogP contribution in [0.2, 0.25) is 0 Å². The molecule has 0 radical (unpaired) electrons. The Labute approximate surface area is 115 Å². The van der Waals surface area contributed by atoms with Gasteiger partial charge in [-0.1, -0.05) is 0 Å². The lowest BCUT2D eigenvalue weighted by atomic mass is 10.0. The molecule has 2 aliphatic rings. The third-order valence-corrected chi connectivity index (χ3v) is 4.00. The van der Waals surface area contributed by atoms with Gasteiger partial charge in [0.15, 0.2) is 0 Å². The van der Waals surface area contributed by atoms with Crippen molar-refractivity contribution in [3.63, 3.8) is 0 Å². The number of hydrogen-bond donors (Lipinski definition) is 1. The summed E-state index contributed by atoms with van der Waals surface area (Å²) in [5.41, 5.74) is 0.513. The van der Waals surface area contributed by atoms with Crippen molar-refractivity contribution >= 4 is 5.91 Å².